The van der Waals surface area contributed by atoms with E-state index in [9.17, 15) is 0 Å². The molecule has 2 heteroatoms. The van der Waals surface area contributed by atoms with E-state index in [4.69, 9.17) is 0 Å². The maximum Gasteiger partial charge on any atom is 0.0780 e. The van der Waals surface area contributed by atoms with Gasteiger partial charge in [-0.2, -0.15) is 0 Å². The molecule has 0 aromatic rings. The van der Waals surface area contributed by atoms with Crippen LogP contribution in [0.1, 0.15) is 328 Å². The van der Waals surface area contributed by atoms with E-state index >= 15 is 0 Å². The SMILES string of the molecule is CCCCCCCCCCCCCCCCCCCCCCCCCCCCCCCCCCCCCCCCCCCCCCCCCCCC[N+](C)(C)C.[Br-]. The first-order valence-electron chi connectivity index (χ1n) is 27.4. The van der Waals surface area contributed by atoms with E-state index in [0.717, 1.165) is 4.48 Å². The summed E-state index contributed by atoms with van der Waals surface area (Å²) in [7, 11) is 6.94. The average Bonchev–Trinajstić information content (AvgIpc) is 3.18. The minimum atomic E-state index is 0. The molecule has 0 unspecified atom stereocenters. The molecule has 0 N–H and O–H groups in total. The van der Waals surface area contributed by atoms with Crippen molar-refractivity contribution in [2.45, 2.75) is 328 Å². The zero-order chi connectivity index (χ0) is 40.6. The summed E-state index contributed by atoms with van der Waals surface area (Å²) in [6, 6.07) is 0. The Balaban J connectivity index is 0. The molecule has 0 aliphatic carbocycles. The van der Waals surface area contributed by atoms with Crippen molar-refractivity contribution in [1.29, 1.82) is 0 Å². The van der Waals surface area contributed by atoms with Gasteiger partial charge < -0.3 is 21.5 Å². The van der Waals surface area contributed by atoms with Gasteiger partial charge >= 0.3 is 0 Å². The second kappa shape index (κ2) is 52.6. The normalized spacial score (nSPS) is 11.8. The van der Waals surface area contributed by atoms with Gasteiger partial charge in [-0.1, -0.05) is 315 Å². The number of rotatable bonds is 51. The fraction of sp³-hybridized carbons (Fsp3) is 1.00. The highest BCUT2D eigenvalue weighted by Gasteiger charge is 2.05. The Morgan fingerprint density at radius 2 is 0.281 bits per heavy atom. The molecule has 0 aliphatic heterocycles. The summed E-state index contributed by atoms with van der Waals surface area (Å²) in [6.07, 6.45) is 74.3. The van der Waals surface area contributed by atoms with Crippen molar-refractivity contribution in [3.05, 3.63) is 0 Å². The van der Waals surface area contributed by atoms with E-state index in [1.807, 2.05) is 0 Å². The molecule has 0 amide bonds. The quantitative estimate of drug-likeness (QED) is 0.0422. The minimum Gasteiger partial charge on any atom is -1.00 e. The number of hydrogen-bond donors (Lipinski definition) is 0. The molecule has 346 valence electrons. The highest BCUT2D eigenvalue weighted by molar-refractivity contribution is 4.55. The van der Waals surface area contributed by atoms with Gasteiger partial charge in [0, 0.05) is 0 Å². The van der Waals surface area contributed by atoms with Gasteiger partial charge in [-0.05, 0) is 12.8 Å². The fourth-order valence-electron chi connectivity index (χ4n) is 9.14. The van der Waals surface area contributed by atoms with Crippen molar-refractivity contribution >= 4 is 0 Å². The van der Waals surface area contributed by atoms with Crippen molar-refractivity contribution in [2.75, 3.05) is 27.7 Å². The van der Waals surface area contributed by atoms with Crippen LogP contribution in [0.3, 0.4) is 0 Å². The molecule has 0 saturated heterocycles. The second-order valence-electron chi connectivity index (χ2n) is 20.3. The van der Waals surface area contributed by atoms with E-state index in [0.29, 0.717) is 0 Å². The maximum atomic E-state index is 2.31. The summed E-state index contributed by atoms with van der Waals surface area (Å²) in [5.41, 5.74) is 0. The number of quaternary nitrogens is 1. The lowest BCUT2D eigenvalue weighted by Gasteiger charge is -2.23. The van der Waals surface area contributed by atoms with E-state index in [-0.39, 0.29) is 17.0 Å². The lowest BCUT2D eigenvalue weighted by molar-refractivity contribution is -0.870. The Kier molecular flexibility index (Phi) is 54.9. The van der Waals surface area contributed by atoms with Gasteiger partial charge in [0.15, 0.2) is 0 Å². The highest BCUT2D eigenvalue weighted by Crippen LogP contribution is 2.19. The largest absolute Gasteiger partial charge is 1.00 e. The van der Waals surface area contributed by atoms with Crippen molar-refractivity contribution in [1.82, 2.24) is 0 Å². The van der Waals surface area contributed by atoms with Crippen LogP contribution < -0.4 is 17.0 Å². The smallest absolute Gasteiger partial charge is 0.0780 e. The van der Waals surface area contributed by atoms with Gasteiger partial charge in [0.1, 0.15) is 0 Å². The Morgan fingerprint density at radius 3 is 0.386 bits per heavy atom. The summed E-state index contributed by atoms with van der Waals surface area (Å²) in [6.45, 7) is 3.65. The maximum absolute atomic E-state index is 2.31. The lowest BCUT2D eigenvalue weighted by Crippen LogP contribution is -3.00. The number of hydrogen-bond acceptors (Lipinski definition) is 0. The molecule has 0 aromatic carbocycles. The minimum absolute atomic E-state index is 0. The van der Waals surface area contributed by atoms with E-state index in [1.165, 1.54) is 328 Å². The Bertz CT molecular complexity index is 670. The molecule has 57 heavy (non-hydrogen) atoms. The molecule has 0 bridgehead atoms. The topological polar surface area (TPSA) is 0 Å². The van der Waals surface area contributed by atoms with Gasteiger partial charge in [0.25, 0.3) is 0 Å². The molecule has 0 fully saturated rings. The standard InChI is InChI=1S/C55H114N.BrH/c1-5-6-7-8-9-10-11-12-13-14-15-16-17-18-19-20-21-22-23-24-25-26-27-28-29-30-31-32-33-34-35-36-37-38-39-40-41-42-43-44-45-46-47-48-49-50-51-52-53-54-55-56(2,3)4;/h5-55H2,1-4H3;1H/q+1;/p-1. The molecule has 1 nitrogen and oxygen atoms in total. The van der Waals surface area contributed by atoms with Crippen LogP contribution in [0.5, 0.6) is 0 Å². The number of halogens is 1. The predicted molar refractivity (Wildman–Crippen MR) is 259 cm³/mol. The summed E-state index contributed by atoms with van der Waals surface area (Å²) < 4.78 is 1.12. The Morgan fingerprint density at radius 1 is 0.175 bits per heavy atom. The highest BCUT2D eigenvalue weighted by atomic mass is 79.9. The summed E-state index contributed by atoms with van der Waals surface area (Å²) in [4.78, 5) is 0. The second-order valence-corrected chi connectivity index (χ2v) is 20.3. The van der Waals surface area contributed by atoms with Gasteiger partial charge in [-0.25, -0.2) is 0 Å². The zero-order valence-corrected chi connectivity index (χ0v) is 42.5. The van der Waals surface area contributed by atoms with Gasteiger partial charge in [-0.3, -0.25) is 0 Å². The first-order chi connectivity index (χ1) is 27.6. The molecule has 0 radical (unpaired) electrons. The summed E-state index contributed by atoms with van der Waals surface area (Å²) in [5.74, 6) is 0. The zero-order valence-electron chi connectivity index (χ0n) is 40.9. The van der Waals surface area contributed by atoms with E-state index in [1.54, 1.807) is 0 Å². The molecule has 0 rings (SSSR count). The third kappa shape index (κ3) is 58.6. The monoisotopic (exact) mass is 868 g/mol. The first-order valence-corrected chi connectivity index (χ1v) is 27.4. The molecule has 0 aliphatic rings. The Hall–Kier alpha value is 0.440. The van der Waals surface area contributed by atoms with Gasteiger partial charge in [0.05, 0.1) is 27.7 Å². The fourth-order valence-corrected chi connectivity index (χ4v) is 9.14. The van der Waals surface area contributed by atoms with Crippen molar-refractivity contribution in [2.24, 2.45) is 0 Å². The predicted octanol–water partition coefficient (Wildman–Crippen LogP) is 17.2. The van der Waals surface area contributed by atoms with Crippen LogP contribution in [0.25, 0.3) is 0 Å². The number of nitrogens with zero attached hydrogens (tertiary/aromatic N) is 1. The molecule has 0 atom stereocenters. The van der Waals surface area contributed by atoms with Crippen molar-refractivity contribution in [3.63, 3.8) is 0 Å². The molecular weight excluding hydrogens is 755 g/mol. The third-order valence-electron chi connectivity index (χ3n) is 13.2. The first kappa shape index (κ1) is 59.5. The van der Waals surface area contributed by atoms with Crippen molar-refractivity contribution in [3.8, 4) is 0 Å². The third-order valence-corrected chi connectivity index (χ3v) is 13.2. The van der Waals surface area contributed by atoms with Crippen molar-refractivity contribution < 1.29 is 21.5 Å². The molecular formula is C55H114BrN. The van der Waals surface area contributed by atoms with Gasteiger partial charge in [0.2, 0.25) is 0 Å². The number of unbranched alkanes of at least 4 members (excludes halogenated alkanes) is 49. The van der Waals surface area contributed by atoms with Crippen LogP contribution in [0.15, 0.2) is 0 Å². The van der Waals surface area contributed by atoms with Crippen LogP contribution in [0.2, 0.25) is 0 Å². The average molecular weight is 869 g/mol. The molecule has 0 heterocycles. The lowest BCUT2D eigenvalue weighted by atomic mass is 10.0. The Labute approximate surface area is 375 Å². The van der Waals surface area contributed by atoms with Crippen LogP contribution in [0, 0.1) is 0 Å². The van der Waals surface area contributed by atoms with Gasteiger partial charge in [-0.15, -0.1) is 0 Å². The molecule has 0 saturated carbocycles. The summed E-state index contributed by atoms with van der Waals surface area (Å²) in [5, 5.41) is 0. The van der Waals surface area contributed by atoms with Crippen LogP contribution in [-0.2, 0) is 0 Å². The molecule has 0 spiro atoms. The summed E-state index contributed by atoms with van der Waals surface area (Å²) >= 11 is 0. The van der Waals surface area contributed by atoms with Crippen LogP contribution in [0.4, 0.5) is 0 Å². The van der Waals surface area contributed by atoms with E-state index in [2.05, 4.69) is 28.1 Å². The van der Waals surface area contributed by atoms with Crippen LogP contribution >= 0.6 is 0 Å². The van der Waals surface area contributed by atoms with Crippen LogP contribution in [-0.4, -0.2) is 32.2 Å². The van der Waals surface area contributed by atoms with E-state index < -0.39 is 0 Å². The molecule has 0 aromatic heterocycles.